The Bertz CT molecular complexity index is 141. The second-order valence-electron chi connectivity index (χ2n) is 3.60. The second kappa shape index (κ2) is 6.89. The zero-order valence-corrected chi connectivity index (χ0v) is 9.00. The van der Waals surface area contributed by atoms with Gasteiger partial charge in [0.05, 0.1) is 25.2 Å². The van der Waals surface area contributed by atoms with Gasteiger partial charge < -0.3 is 9.47 Å². The van der Waals surface area contributed by atoms with E-state index in [1.165, 1.54) is 0 Å². The summed E-state index contributed by atoms with van der Waals surface area (Å²) < 4.78 is 10.3. The maximum absolute atomic E-state index is 11.0. The van der Waals surface area contributed by atoms with E-state index in [1.54, 1.807) is 0 Å². The van der Waals surface area contributed by atoms with Crippen LogP contribution in [0, 0.1) is 5.92 Å². The SMILES string of the molecule is CC(C)OCCCOC(=O)C(C)C. The molecule has 0 aromatic heterocycles. The molecule has 13 heavy (non-hydrogen) atoms. The molecule has 0 bridgehead atoms. The summed E-state index contributed by atoms with van der Waals surface area (Å²) in [6.07, 6.45) is 1.03. The Morgan fingerprint density at radius 2 is 1.77 bits per heavy atom. The smallest absolute Gasteiger partial charge is 0.308 e. The molecule has 0 aromatic carbocycles. The van der Waals surface area contributed by atoms with Crippen molar-refractivity contribution in [2.24, 2.45) is 5.92 Å². The highest BCUT2D eigenvalue weighted by Gasteiger charge is 2.06. The predicted octanol–water partition coefficient (Wildman–Crippen LogP) is 2.00. The van der Waals surface area contributed by atoms with Gasteiger partial charge in [-0.05, 0) is 13.8 Å². The Hall–Kier alpha value is -0.570. The predicted molar refractivity (Wildman–Crippen MR) is 51.5 cm³/mol. The monoisotopic (exact) mass is 188 g/mol. The Morgan fingerprint density at radius 3 is 2.23 bits per heavy atom. The molecule has 0 amide bonds. The minimum atomic E-state index is -0.135. The highest BCUT2D eigenvalue weighted by atomic mass is 16.5. The van der Waals surface area contributed by atoms with Crippen LogP contribution in [0.5, 0.6) is 0 Å². The number of hydrogen-bond acceptors (Lipinski definition) is 3. The fraction of sp³-hybridized carbons (Fsp3) is 0.900. The van der Waals surface area contributed by atoms with Gasteiger partial charge in [0.15, 0.2) is 0 Å². The molecule has 0 fully saturated rings. The molecule has 78 valence electrons. The van der Waals surface area contributed by atoms with Crippen molar-refractivity contribution in [2.45, 2.75) is 40.2 Å². The molecule has 0 aliphatic heterocycles. The minimum Gasteiger partial charge on any atom is -0.465 e. The van der Waals surface area contributed by atoms with Crippen LogP contribution < -0.4 is 0 Å². The van der Waals surface area contributed by atoms with Gasteiger partial charge in [-0.1, -0.05) is 13.8 Å². The summed E-state index contributed by atoms with van der Waals surface area (Å²) in [5, 5.41) is 0. The topological polar surface area (TPSA) is 35.5 Å². The van der Waals surface area contributed by atoms with Crippen molar-refractivity contribution in [2.75, 3.05) is 13.2 Å². The molecule has 0 rings (SSSR count). The molecule has 0 aromatic rings. The first-order valence-electron chi connectivity index (χ1n) is 4.82. The van der Waals surface area contributed by atoms with E-state index in [4.69, 9.17) is 9.47 Å². The average Bonchev–Trinajstić information content (AvgIpc) is 2.02. The standard InChI is InChI=1S/C10H20O3/c1-8(2)10(11)13-7-5-6-12-9(3)4/h8-9H,5-7H2,1-4H3. The van der Waals surface area contributed by atoms with Crippen LogP contribution >= 0.6 is 0 Å². The van der Waals surface area contributed by atoms with E-state index < -0.39 is 0 Å². The summed E-state index contributed by atoms with van der Waals surface area (Å²) in [6, 6.07) is 0. The molecule has 0 atom stereocenters. The zero-order chi connectivity index (χ0) is 10.3. The normalized spacial score (nSPS) is 10.9. The lowest BCUT2D eigenvalue weighted by atomic mass is 10.2. The number of rotatable bonds is 6. The summed E-state index contributed by atoms with van der Waals surface area (Å²) in [6.45, 7) is 8.74. The third-order valence-electron chi connectivity index (χ3n) is 1.46. The fourth-order valence-electron chi connectivity index (χ4n) is 0.717. The lowest BCUT2D eigenvalue weighted by molar-refractivity contribution is -0.147. The molecule has 0 aliphatic carbocycles. The van der Waals surface area contributed by atoms with E-state index in [9.17, 15) is 4.79 Å². The quantitative estimate of drug-likeness (QED) is 0.472. The summed E-state index contributed by atoms with van der Waals surface area (Å²) in [5.41, 5.74) is 0. The maximum atomic E-state index is 11.0. The molecule has 0 saturated carbocycles. The Balaban J connectivity index is 3.21. The van der Waals surface area contributed by atoms with Crippen molar-refractivity contribution in [3.8, 4) is 0 Å². The molecule has 0 spiro atoms. The molecular weight excluding hydrogens is 168 g/mol. The molecule has 3 nitrogen and oxygen atoms in total. The largest absolute Gasteiger partial charge is 0.465 e. The van der Waals surface area contributed by atoms with Gasteiger partial charge in [0.2, 0.25) is 0 Å². The van der Waals surface area contributed by atoms with Gasteiger partial charge in [-0.25, -0.2) is 0 Å². The summed E-state index contributed by atoms with van der Waals surface area (Å²) in [5.74, 6) is -0.171. The van der Waals surface area contributed by atoms with Crippen molar-refractivity contribution in [1.29, 1.82) is 0 Å². The molecule has 0 N–H and O–H groups in total. The van der Waals surface area contributed by atoms with Crippen LogP contribution in [0.3, 0.4) is 0 Å². The van der Waals surface area contributed by atoms with Gasteiger partial charge >= 0.3 is 5.97 Å². The summed E-state index contributed by atoms with van der Waals surface area (Å²) >= 11 is 0. The lowest BCUT2D eigenvalue weighted by Gasteiger charge is -2.08. The minimum absolute atomic E-state index is 0.0361. The van der Waals surface area contributed by atoms with Crippen molar-refractivity contribution >= 4 is 5.97 Å². The number of ether oxygens (including phenoxy) is 2. The maximum Gasteiger partial charge on any atom is 0.308 e. The Labute approximate surface area is 80.4 Å². The van der Waals surface area contributed by atoms with Crippen molar-refractivity contribution < 1.29 is 14.3 Å². The van der Waals surface area contributed by atoms with Crippen LogP contribution in [0.1, 0.15) is 34.1 Å². The van der Waals surface area contributed by atoms with Gasteiger partial charge in [0.25, 0.3) is 0 Å². The number of hydrogen-bond donors (Lipinski definition) is 0. The summed E-state index contributed by atoms with van der Waals surface area (Å²) in [7, 11) is 0. The van der Waals surface area contributed by atoms with Gasteiger partial charge in [0, 0.05) is 6.42 Å². The summed E-state index contributed by atoms with van der Waals surface area (Å²) in [4.78, 5) is 11.0. The average molecular weight is 188 g/mol. The van der Waals surface area contributed by atoms with Gasteiger partial charge in [-0.3, -0.25) is 4.79 Å². The van der Waals surface area contributed by atoms with E-state index >= 15 is 0 Å². The van der Waals surface area contributed by atoms with Crippen LogP contribution in [0.15, 0.2) is 0 Å². The van der Waals surface area contributed by atoms with Gasteiger partial charge in [0.1, 0.15) is 0 Å². The molecule has 0 unspecified atom stereocenters. The van der Waals surface area contributed by atoms with Gasteiger partial charge in [-0.15, -0.1) is 0 Å². The van der Waals surface area contributed by atoms with Crippen LogP contribution in [0.2, 0.25) is 0 Å². The Morgan fingerprint density at radius 1 is 1.15 bits per heavy atom. The highest BCUT2D eigenvalue weighted by Crippen LogP contribution is 1.97. The first kappa shape index (κ1) is 12.4. The number of carbonyl (C=O) groups excluding carboxylic acids is 1. The third-order valence-corrected chi connectivity index (χ3v) is 1.46. The van der Waals surface area contributed by atoms with Crippen LogP contribution in [-0.2, 0) is 14.3 Å². The van der Waals surface area contributed by atoms with Crippen LogP contribution in [0.4, 0.5) is 0 Å². The van der Waals surface area contributed by atoms with Crippen LogP contribution in [-0.4, -0.2) is 25.3 Å². The first-order chi connectivity index (χ1) is 6.04. The molecule has 0 radical (unpaired) electrons. The zero-order valence-electron chi connectivity index (χ0n) is 9.00. The van der Waals surface area contributed by atoms with E-state index in [1.807, 2.05) is 27.7 Å². The van der Waals surface area contributed by atoms with Crippen molar-refractivity contribution in [3.05, 3.63) is 0 Å². The lowest BCUT2D eigenvalue weighted by Crippen LogP contribution is -2.14. The van der Waals surface area contributed by atoms with E-state index in [0.717, 1.165) is 6.42 Å². The molecule has 0 saturated heterocycles. The number of carbonyl (C=O) groups is 1. The Kier molecular flexibility index (Phi) is 6.59. The fourth-order valence-corrected chi connectivity index (χ4v) is 0.717. The number of esters is 1. The highest BCUT2D eigenvalue weighted by molar-refractivity contribution is 5.71. The van der Waals surface area contributed by atoms with Crippen LogP contribution in [0.25, 0.3) is 0 Å². The van der Waals surface area contributed by atoms with E-state index in [-0.39, 0.29) is 18.0 Å². The van der Waals surface area contributed by atoms with E-state index in [2.05, 4.69) is 0 Å². The molecular formula is C10H20O3. The molecule has 0 heterocycles. The second-order valence-corrected chi connectivity index (χ2v) is 3.60. The van der Waals surface area contributed by atoms with Crippen molar-refractivity contribution in [3.63, 3.8) is 0 Å². The first-order valence-corrected chi connectivity index (χ1v) is 4.82. The van der Waals surface area contributed by atoms with E-state index in [0.29, 0.717) is 13.2 Å². The van der Waals surface area contributed by atoms with Crippen molar-refractivity contribution in [1.82, 2.24) is 0 Å². The molecule has 0 aliphatic rings. The third kappa shape index (κ3) is 7.78. The van der Waals surface area contributed by atoms with Gasteiger partial charge in [-0.2, -0.15) is 0 Å². The molecule has 3 heteroatoms.